The van der Waals surface area contributed by atoms with Crippen molar-refractivity contribution in [2.24, 2.45) is 0 Å². The van der Waals surface area contributed by atoms with Crippen molar-refractivity contribution in [2.45, 2.75) is 9.64 Å². The van der Waals surface area contributed by atoms with Gasteiger partial charge in [0.2, 0.25) is 14.6 Å². The highest BCUT2D eigenvalue weighted by Crippen LogP contribution is 2.32. The average Bonchev–Trinajstić information content (AvgIpc) is 2.16. The second kappa shape index (κ2) is 3.74. The van der Waals surface area contributed by atoms with Gasteiger partial charge in [-0.15, -0.1) is 0 Å². The lowest BCUT2D eigenvalue weighted by atomic mass is 10.1. The molecule has 1 heterocycles. The third-order valence-corrected chi connectivity index (χ3v) is 4.96. The fourth-order valence-corrected chi connectivity index (χ4v) is 3.27. The van der Waals surface area contributed by atoms with Crippen LogP contribution in [0.2, 0.25) is 5.02 Å². The van der Waals surface area contributed by atoms with Gasteiger partial charge in [-0.1, -0.05) is 17.7 Å². The summed E-state index contributed by atoms with van der Waals surface area (Å²) in [6, 6.07) is 7.71. The standard InChI is InChI=1S/C10H8ClNO3S/c11-8-2-1-3-9(4-8)16(13,14)10(5-12)6-15-7-10/h1-4H,6-7H2. The van der Waals surface area contributed by atoms with E-state index in [4.69, 9.17) is 21.6 Å². The lowest BCUT2D eigenvalue weighted by molar-refractivity contribution is 0.0115. The van der Waals surface area contributed by atoms with E-state index in [9.17, 15) is 8.42 Å². The number of ether oxygens (including phenoxy) is 1. The molecule has 0 N–H and O–H groups in total. The summed E-state index contributed by atoms with van der Waals surface area (Å²) in [7, 11) is -3.71. The summed E-state index contributed by atoms with van der Waals surface area (Å²) in [6.45, 7) is -0.170. The van der Waals surface area contributed by atoms with E-state index < -0.39 is 14.6 Å². The lowest BCUT2D eigenvalue weighted by Gasteiger charge is -2.34. The third-order valence-electron chi connectivity index (χ3n) is 2.49. The number of sulfone groups is 1. The van der Waals surface area contributed by atoms with Crippen molar-refractivity contribution in [3.63, 3.8) is 0 Å². The average molecular weight is 258 g/mol. The molecule has 0 atom stereocenters. The molecular weight excluding hydrogens is 250 g/mol. The number of nitrogens with zero attached hydrogens (tertiary/aromatic N) is 1. The molecule has 0 saturated carbocycles. The Morgan fingerprint density at radius 2 is 2.12 bits per heavy atom. The molecular formula is C10H8ClNO3S. The Morgan fingerprint density at radius 3 is 2.56 bits per heavy atom. The Labute approximate surface area is 98.3 Å². The molecule has 0 aromatic heterocycles. The topological polar surface area (TPSA) is 67.2 Å². The summed E-state index contributed by atoms with van der Waals surface area (Å²) in [4.78, 5) is 0.0600. The van der Waals surface area contributed by atoms with Crippen LogP contribution in [0.3, 0.4) is 0 Å². The summed E-state index contributed by atoms with van der Waals surface area (Å²) < 4.78 is 27.7. The molecule has 1 saturated heterocycles. The predicted molar refractivity (Wildman–Crippen MR) is 57.8 cm³/mol. The van der Waals surface area contributed by atoms with Gasteiger partial charge >= 0.3 is 0 Å². The van der Waals surface area contributed by atoms with E-state index in [1.165, 1.54) is 12.1 Å². The summed E-state index contributed by atoms with van der Waals surface area (Å²) in [6.07, 6.45) is 0. The maximum Gasteiger partial charge on any atom is 0.208 e. The van der Waals surface area contributed by atoms with Crippen LogP contribution in [0, 0.1) is 11.3 Å². The molecule has 1 fully saturated rings. The van der Waals surface area contributed by atoms with Crippen molar-refractivity contribution in [3.05, 3.63) is 29.3 Å². The molecule has 0 unspecified atom stereocenters. The summed E-state index contributed by atoms with van der Waals surface area (Å²) in [5.41, 5.74) is 0. The number of benzene rings is 1. The Balaban J connectivity index is 2.52. The Kier molecular flexibility index (Phi) is 2.66. The van der Waals surface area contributed by atoms with Crippen LogP contribution in [0.5, 0.6) is 0 Å². The molecule has 0 amide bonds. The molecule has 6 heteroatoms. The zero-order valence-electron chi connectivity index (χ0n) is 8.18. The largest absolute Gasteiger partial charge is 0.376 e. The minimum atomic E-state index is -3.71. The minimum Gasteiger partial charge on any atom is -0.376 e. The van der Waals surface area contributed by atoms with Crippen LogP contribution in [0.4, 0.5) is 0 Å². The first-order valence-corrected chi connectivity index (χ1v) is 6.37. The summed E-state index contributed by atoms with van der Waals surface area (Å²) >= 11 is 5.73. The third kappa shape index (κ3) is 1.50. The van der Waals surface area contributed by atoms with Crippen molar-refractivity contribution >= 4 is 21.4 Å². The van der Waals surface area contributed by atoms with Crippen LogP contribution in [-0.4, -0.2) is 26.4 Å². The van der Waals surface area contributed by atoms with E-state index in [0.717, 1.165) is 0 Å². The van der Waals surface area contributed by atoms with Gasteiger partial charge in [-0.25, -0.2) is 8.42 Å². The molecule has 2 rings (SSSR count). The lowest BCUT2D eigenvalue weighted by Crippen LogP contribution is -2.54. The van der Waals surface area contributed by atoms with Crippen molar-refractivity contribution in [1.29, 1.82) is 5.26 Å². The van der Waals surface area contributed by atoms with Crippen LogP contribution in [0.1, 0.15) is 0 Å². The number of hydrogen-bond acceptors (Lipinski definition) is 4. The van der Waals surface area contributed by atoms with Gasteiger partial charge < -0.3 is 4.74 Å². The molecule has 0 bridgehead atoms. The zero-order chi connectivity index (χ0) is 11.8. The van der Waals surface area contributed by atoms with Crippen LogP contribution in [-0.2, 0) is 14.6 Å². The summed E-state index contributed by atoms with van der Waals surface area (Å²) in [5.74, 6) is 0. The first-order valence-electron chi connectivity index (χ1n) is 4.51. The highest BCUT2D eigenvalue weighted by Gasteiger charge is 2.52. The quantitative estimate of drug-likeness (QED) is 0.803. The van der Waals surface area contributed by atoms with Crippen molar-refractivity contribution in [2.75, 3.05) is 13.2 Å². The van der Waals surface area contributed by atoms with Gasteiger partial charge in [0.25, 0.3) is 0 Å². The molecule has 16 heavy (non-hydrogen) atoms. The zero-order valence-corrected chi connectivity index (χ0v) is 9.75. The van der Waals surface area contributed by atoms with Crippen LogP contribution >= 0.6 is 11.6 Å². The highest BCUT2D eigenvalue weighted by atomic mass is 35.5. The van der Waals surface area contributed by atoms with Crippen molar-refractivity contribution < 1.29 is 13.2 Å². The second-order valence-corrected chi connectivity index (χ2v) is 6.26. The summed E-state index contributed by atoms with van der Waals surface area (Å²) in [5, 5.41) is 9.29. The number of nitriles is 1. The molecule has 0 aliphatic carbocycles. The van der Waals surface area contributed by atoms with E-state index in [2.05, 4.69) is 0 Å². The molecule has 1 aliphatic heterocycles. The molecule has 0 radical (unpaired) electrons. The normalized spacial score (nSPS) is 18.5. The molecule has 4 nitrogen and oxygen atoms in total. The maximum absolute atomic E-state index is 12.2. The van der Waals surface area contributed by atoms with Gasteiger partial charge in [0.15, 0.2) is 0 Å². The first-order chi connectivity index (χ1) is 7.52. The molecule has 1 aliphatic rings. The van der Waals surface area contributed by atoms with Gasteiger partial charge in [0.1, 0.15) is 0 Å². The van der Waals surface area contributed by atoms with E-state index in [1.807, 2.05) is 6.07 Å². The SMILES string of the molecule is N#CC1(S(=O)(=O)c2cccc(Cl)c2)COC1. The van der Waals surface area contributed by atoms with E-state index in [0.29, 0.717) is 5.02 Å². The fourth-order valence-electron chi connectivity index (χ4n) is 1.43. The van der Waals surface area contributed by atoms with Gasteiger partial charge in [-0.3, -0.25) is 0 Å². The van der Waals surface area contributed by atoms with E-state index >= 15 is 0 Å². The number of hydrogen-bond donors (Lipinski definition) is 0. The van der Waals surface area contributed by atoms with Crippen LogP contribution in [0.15, 0.2) is 29.2 Å². The van der Waals surface area contributed by atoms with Gasteiger partial charge in [0, 0.05) is 5.02 Å². The molecule has 1 aromatic rings. The van der Waals surface area contributed by atoms with Crippen molar-refractivity contribution in [3.8, 4) is 6.07 Å². The maximum atomic E-state index is 12.2. The Hall–Kier alpha value is -1.09. The number of halogens is 1. The second-order valence-electron chi connectivity index (χ2n) is 3.56. The van der Waals surface area contributed by atoms with Crippen molar-refractivity contribution in [1.82, 2.24) is 0 Å². The first kappa shape index (κ1) is 11.4. The molecule has 84 valence electrons. The van der Waals surface area contributed by atoms with E-state index in [1.54, 1.807) is 12.1 Å². The molecule has 1 aromatic carbocycles. The Morgan fingerprint density at radius 1 is 1.44 bits per heavy atom. The van der Waals surface area contributed by atoms with Gasteiger partial charge in [-0.05, 0) is 18.2 Å². The van der Waals surface area contributed by atoms with Crippen LogP contribution < -0.4 is 0 Å². The monoisotopic (exact) mass is 257 g/mol. The fraction of sp³-hybridized carbons (Fsp3) is 0.300. The highest BCUT2D eigenvalue weighted by molar-refractivity contribution is 7.93. The van der Waals surface area contributed by atoms with E-state index in [-0.39, 0.29) is 18.1 Å². The smallest absolute Gasteiger partial charge is 0.208 e. The Bertz CT molecular complexity index is 558. The predicted octanol–water partition coefficient (Wildman–Crippen LogP) is 1.41. The minimum absolute atomic E-state index is 0.0600. The molecule has 0 spiro atoms. The van der Waals surface area contributed by atoms with Gasteiger partial charge in [-0.2, -0.15) is 5.26 Å². The van der Waals surface area contributed by atoms with Crippen LogP contribution in [0.25, 0.3) is 0 Å². The number of rotatable bonds is 2. The van der Waals surface area contributed by atoms with Gasteiger partial charge in [0.05, 0.1) is 24.2 Å².